The van der Waals surface area contributed by atoms with E-state index in [0.717, 1.165) is 6.07 Å². The summed E-state index contributed by atoms with van der Waals surface area (Å²) >= 11 is 0. The second-order valence-electron chi connectivity index (χ2n) is 6.99. The maximum absolute atomic E-state index is 14.0. The van der Waals surface area contributed by atoms with Crippen molar-refractivity contribution in [2.75, 3.05) is 18.5 Å². The van der Waals surface area contributed by atoms with Crippen LogP contribution in [0.15, 0.2) is 18.2 Å². The lowest BCUT2D eigenvalue weighted by atomic mass is 10.1. The van der Waals surface area contributed by atoms with Gasteiger partial charge in [0.2, 0.25) is 11.7 Å². The highest BCUT2D eigenvalue weighted by Gasteiger charge is 2.17. The van der Waals surface area contributed by atoms with E-state index in [9.17, 15) is 23.6 Å². The van der Waals surface area contributed by atoms with Crippen LogP contribution in [0, 0.1) is 5.82 Å². The van der Waals surface area contributed by atoms with E-state index in [4.69, 9.17) is 9.47 Å². The molecule has 0 heterocycles. The van der Waals surface area contributed by atoms with Gasteiger partial charge in [-0.1, -0.05) is 0 Å². The third kappa shape index (κ3) is 9.11. The molecule has 0 atom stereocenters. The van der Waals surface area contributed by atoms with Crippen molar-refractivity contribution >= 4 is 29.4 Å². The first kappa shape index (κ1) is 23.1. The molecule has 1 aromatic rings. The van der Waals surface area contributed by atoms with Crippen LogP contribution < -0.4 is 10.6 Å². The highest BCUT2D eigenvalue weighted by molar-refractivity contribution is 5.99. The van der Waals surface area contributed by atoms with Gasteiger partial charge in [-0.15, -0.1) is 0 Å². The zero-order chi connectivity index (χ0) is 21.3. The Bertz CT molecular complexity index is 742. The van der Waals surface area contributed by atoms with E-state index in [0.29, 0.717) is 6.42 Å². The maximum Gasteiger partial charge on any atom is 0.407 e. The molecule has 154 valence electrons. The first-order valence-electron chi connectivity index (χ1n) is 8.71. The van der Waals surface area contributed by atoms with E-state index < -0.39 is 35.9 Å². The molecule has 0 saturated heterocycles. The predicted molar refractivity (Wildman–Crippen MR) is 99.5 cm³/mol. The Balaban J connectivity index is 2.36. The zero-order valence-electron chi connectivity index (χ0n) is 16.4. The average molecular weight is 396 g/mol. The molecule has 2 amide bonds. The van der Waals surface area contributed by atoms with Crippen molar-refractivity contribution in [1.29, 1.82) is 0 Å². The van der Waals surface area contributed by atoms with Crippen molar-refractivity contribution in [3.8, 4) is 0 Å². The second-order valence-corrected chi connectivity index (χ2v) is 6.99. The van der Waals surface area contributed by atoms with E-state index in [2.05, 4.69) is 10.6 Å². The number of carbonyl (C=O) groups excluding carboxylic acids is 4. The number of esters is 1. The van der Waals surface area contributed by atoms with Crippen molar-refractivity contribution in [3.63, 3.8) is 0 Å². The number of anilines is 1. The van der Waals surface area contributed by atoms with Gasteiger partial charge < -0.3 is 20.1 Å². The predicted octanol–water partition coefficient (Wildman–Crippen LogP) is 2.81. The number of ether oxygens (including phenoxy) is 2. The number of rotatable bonds is 8. The first-order valence-corrected chi connectivity index (χ1v) is 8.71. The van der Waals surface area contributed by atoms with Crippen LogP contribution in [0.3, 0.4) is 0 Å². The number of ketones is 1. The Morgan fingerprint density at radius 3 is 2.39 bits per heavy atom. The van der Waals surface area contributed by atoms with Gasteiger partial charge in [0.15, 0.2) is 6.61 Å². The van der Waals surface area contributed by atoms with Gasteiger partial charge in [-0.05, 0) is 45.4 Å². The molecule has 0 aliphatic carbocycles. The van der Waals surface area contributed by atoms with Crippen LogP contribution >= 0.6 is 0 Å². The summed E-state index contributed by atoms with van der Waals surface area (Å²) in [6, 6.07) is 3.60. The summed E-state index contributed by atoms with van der Waals surface area (Å²) in [5, 5.41) is 4.89. The van der Waals surface area contributed by atoms with E-state index in [-0.39, 0.29) is 30.1 Å². The topological polar surface area (TPSA) is 111 Å². The average Bonchev–Trinajstić information content (AvgIpc) is 2.54. The van der Waals surface area contributed by atoms with Crippen molar-refractivity contribution < 1.29 is 33.0 Å². The summed E-state index contributed by atoms with van der Waals surface area (Å²) in [4.78, 5) is 46.0. The third-order valence-electron chi connectivity index (χ3n) is 3.18. The third-order valence-corrected chi connectivity index (χ3v) is 3.18. The van der Waals surface area contributed by atoms with Crippen LogP contribution in [0.25, 0.3) is 0 Å². The monoisotopic (exact) mass is 396 g/mol. The van der Waals surface area contributed by atoms with Crippen LogP contribution in [0.4, 0.5) is 14.9 Å². The molecule has 9 heteroatoms. The Labute approximate surface area is 162 Å². The van der Waals surface area contributed by atoms with Gasteiger partial charge in [0, 0.05) is 25.6 Å². The second kappa shape index (κ2) is 10.4. The van der Waals surface area contributed by atoms with Gasteiger partial charge in [0.05, 0.1) is 5.56 Å². The molecule has 0 spiro atoms. The minimum atomic E-state index is -0.825. The SMILES string of the molecule is CC(=O)Nc1ccc(C(=O)COC(=O)CCCNC(=O)OC(C)(C)C)c(F)c1. The summed E-state index contributed by atoms with van der Waals surface area (Å²) in [7, 11) is 0. The molecule has 0 aromatic heterocycles. The lowest BCUT2D eigenvalue weighted by Crippen LogP contribution is -2.33. The van der Waals surface area contributed by atoms with Crippen LogP contribution in [-0.4, -0.2) is 42.5 Å². The van der Waals surface area contributed by atoms with E-state index in [1.807, 2.05) is 0 Å². The van der Waals surface area contributed by atoms with Crippen LogP contribution in [-0.2, 0) is 19.1 Å². The Hall–Kier alpha value is -2.97. The number of nitrogens with one attached hydrogen (secondary N) is 2. The number of amides is 2. The molecular weight excluding hydrogens is 371 g/mol. The number of Topliss-reactive ketones (excluding diaryl/α,β-unsaturated/α-hetero) is 1. The van der Waals surface area contributed by atoms with Crippen LogP contribution in [0.5, 0.6) is 0 Å². The molecular formula is C19H25FN2O6. The summed E-state index contributed by atoms with van der Waals surface area (Å²) in [6.07, 6.45) is -0.312. The van der Waals surface area contributed by atoms with Gasteiger partial charge in [0.1, 0.15) is 11.4 Å². The fraction of sp³-hybridized carbons (Fsp3) is 0.474. The molecule has 0 aliphatic heterocycles. The van der Waals surface area contributed by atoms with E-state index >= 15 is 0 Å². The maximum atomic E-state index is 14.0. The minimum absolute atomic E-state index is 0.0208. The molecule has 1 rings (SSSR count). The van der Waals surface area contributed by atoms with E-state index in [1.54, 1.807) is 20.8 Å². The number of hydrogen-bond acceptors (Lipinski definition) is 6. The normalized spacial score (nSPS) is 10.8. The number of hydrogen-bond donors (Lipinski definition) is 2. The minimum Gasteiger partial charge on any atom is -0.457 e. The van der Waals surface area contributed by atoms with Crippen molar-refractivity contribution in [3.05, 3.63) is 29.6 Å². The largest absolute Gasteiger partial charge is 0.457 e. The van der Waals surface area contributed by atoms with Crippen molar-refractivity contribution in [1.82, 2.24) is 5.32 Å². The molecule has 0 bridgehead atoms. The molecule has 8 nitrogen and oxygen atoms in total. The summed E-state index contributed by atoms with van der Waals surface area (Å²) in [5.74, 6) is -2.54. The Morgan fingerprint density at radius 1 is 1.14 bits per heavy atom. The molecule has 1 aromatic carbocycles. The lowest BCUT2D eigenvalue weighted by molar-refractivity contribution is -0.142. The molecule has 0 saturated carbocycles. The van der Waals surface area contributed by atoms with Crippen LogP contribution in [0.2, 0.25) is 0 Å². The quantitative estimate of drug-likeness (QED) is 0.397. The molecule has 0 unspecified atom stereocenters. The molecule has 0 aliphatic rings. The van der Waals surface area contributed by atoms with Gasteiger partial charge in [-0.25, -0.2) is 9.18 Å². The lowest BCUT2D eigenvalue weighted by Gasteiger charge is -2.19. The zero-order valence-corrected chi connectivity index (χ0v) is 16.4. The highest BCUT2D eigenvalue weighted by atomic mass is 19.1. The van der Waals surface area contributed by atoms with Gasteiger partial charge in [0.25, 0.3) is 0 Å². The first-order chi connectivity index (χ1) is 13.0. The van der Waals surface area contributed by atoms with Crippen molar-refractivity contribution in [2.45, 2.75) is 46.1 Å². The Morgan fingerprint density at radius 2 is 1.82 bits per heavy atom. The molecule has 0 radical (unpaired) electrons. The highest BCUT2D eigenvalue weighted by Crippen LogP contribution is 2.15. The summed E-state index contributed by atoms with van der Waals surface area (Å²) in [6.45, 7) is 6.08. The number of alkyl carbamates (subject to hydrolysis) is 1. The number of carbonyl (C=O) groups is 4. The summed E-state index contributed by atoms with van der Waals surface area (Å²) in [5.41, 5.74) is -0.636. The van der Waals surface area contributed by atoms with Gasteiger partial charge in [-0.2, -0.15) is 0 Å². The number of halogens is 1. The number of benzene rings is 1. The van der Waals surface area contributed by atoms with Crippen molar-refractivity contribution in [2.24, 2.45) is 0 Å². The molecule has 0 fully saturated rings. The Kier molecular flexibility index (Phi) is 8.56. The standard InChI is InChI=1S/C19H25FN2O6/c1-12(23)22-13-7-8-14(15(20)10-13)16(24)11-27-17(25)6-5-9-21-18(26)28-19(2,3)4/h7-8,10H,5-6,9,11H2,1-4H3,(H,21,26)(H,22,23). The summed E-state index contributed by atoms with van der Waals surface area (Å²) < 4.78 is 23.8. The van der Waals surface area contributed by atoms with Gasteiger partial charge in [-0.3, -0.25) is 14.4 Å². The fourth-order valence-electron chi connectivity index (χ4n) is 2.06. The fourth-order valence-corrected chi connectivity index (χ4v) is 2.06. The molecule has 2 N–H and O–H groups in total. The molecule has 28 heavy (non-hydrogen) atoms. The van der Waals surface area contributed by atoms with Gasteiger partial charge >= 0.3 is 12.1 Å². The van der Waals surface area contributed by atoms with E-state index in [1.165, 1.54) is 19.1 Å². The smallest absolute Gasteiger partial charge is 0.407 e. The van der Waals surface area contributed by atoms with Crippen LogP contribution in [0.1, 0.15) is 50.9 Å².